The van der Waals surface area contributed by atoms with Gasteiger partial charge in [0, 0.05) is 63.9 Å². The SMILES string of the molecule is O=COC1CCN(c2ccc3c4c2cccc4c(=O)n2c4cccc5c(C(=O)O)ccc(nc32)c54)CC1. The molecule has 3 heterocycles. The fourth-order valence-corrected chi connectivity index (χ4v) is 5.96. The van der Waals surface area contributed by atoms with Crippen LogP contribution in [0.5, 0.6) is 0 Å². The molecule has 0 amide bonds. The highest BCUT2D eigenvalue weighted by Gasteiger charge is 2.24. The summed E-state index contributed by atoms with van der Waals surface area (Å²) < 4.78 is 6.77. The summed E-state index contributed by atoms with van der Waals surface area (Å²) in [5.41, 5.74) is 2.85. The third-order valence-corrected chi connectivity index (χ3v) is 7.63. The van der Waals surface area contributed by atoms with Gasteiger partial charge in [0.05, 0.1) is 16.6 Å². The predicted molar refractivity (Wildman–Crippen MR) is 142 cm³/mol. The van der Waals surface area contributed by atoms with Crippen LogP contribution < -0.4 is 10.5 Å². The van der Waals surface area contributed by atoms with Gasteiger partial charge in [0.15, 0.2) is 0 Å². The number of carboxylic acids is 1. The summed E-state index contributed by atoms with van der Waals surface area (Å²) in [5, 5.41) is 14.2. The van der Waals surface area contributed by atoms with Gasteiger partial charge in [-0.05, 0) is 36.4 Å². The number of nitrogens with zero attached hydrogens (tertiary/aromatic N) is 3. The van der Waals surface area contributed by atoms with Gasteiger partial charge in [0.2, 0.25) is 0 Å². The second kappa shape index (κ2) is 7.89. The Labute approximate surface area is 209 Å². The van der Waals surface area contributed by atoms with E-state index >= 15 is 0 Å². The molecule has 4 aromatic carbocycles. The number of rotatable bonds is 4. The number of ether oxygens (including phenoxy) is 1. The van der Waals surface area contributed by atoms with E-state index in [1.165, 1.54) is 0 Å². The summed E-state index contributed by atoms with van der Waals surface area (Å²) in [5.74, 6) is -1.02. The van der Waals surface area contributed by atoms with Crippen molar-refractivity contribution in [2.45, 2.75) is 18.9 Å². The van der Waals surface area contributed by atoms with Crippen LogP contribution in [0.25, 0.3) is 49.0 Å². The molecular formula is C29H21N3O5. The monoisotopic (exact) mass is 491 g/mol. The van der Waals surface area contributed by atoms with Crippen LogP contribution in [0.4, 0.5) is 5.69 Å². The molecule has 0 saturated carbocycles. The van der Waals surface area contributed by atoms with Gasteiger partial charge in [-0.2, -0.15) is 0 Å². The number of aromatic carboxylic acids is 1. The van der Waals surface area contributed by atoms with E-state index in [-0.39, 0.29) is 17.2 Å². The average Bonchev–Trinajstić information content (AvgIpc) is 2.92. The number of anilines is 1. The first-order valence-corrected chi connectivity index (χ1v) is 12.2. The lowest BCUT2D eigenvalue weighted by Gasteiger charge is -2.33. The number of aromatic nitrogens is 2. The van der Waals surface area contributed by atoms with E-state index in [4.69, 9.17) is 9.72 Å². The first-order valence-electron chi connectivity index (χ1n) is 12.2. The van der Waals surface area contributed by atoms with Gasteiger partial charge in [-0.25, -0.2) is 9.78 Å². The van der Waals surface area contributed by atoms with Crippen LogP contribution in [-0.4, -0.2) is 46.1 Å². The number of hydrogen-bond donors (Lipinski definition) is 1. The first-order chi connectivity index (χ1) is 18.1. The Kier molecular flexibility index (Phi) is 4.60. The molecule has 6 aromatic rings. The fourth-order valence-electron chi connectivity index (χ4n) is 5.96. The van der Waals surface area contributed by atoms with E-state index < -0.39 is 5.97 Å². The van der Waals surface area contributed by atoms with Crippen molar-refractivity contribution < 1.29 is 19.4 Å². The van der Waals surface area contributed by atoms with Crippen LogP contribution in [0.1, 0.15) is 23.2 Å². The van der Waals surface area contributed by atoms with Gasteiger partial charge in [-0.15, -0.1) is 0 Å². The summed E-state index contributed by atoms with van der Waals surface area (Å²) in [7, 11) is 0. The first kappa shape index (κ1) is 21.6. The number of benzene rings is 4. The molecule has 0 bridgehead atoms. The van der Waals surface area contributed by atoms with E-state index in [1.807, 2.05) is 30.3 Å². The maximum absolute atomic E-state index is 14.0. The Bertz CT molecular complexity index is 1950. The van der Waals surface area contributed by atoms with Crippen LogP contribution >= 0.6 is 0 Å². The molecule has 37 heavy (non-hydrogen) atoms. The number of hydrogen-bond acceptors (Lipinski definition) is 6. The normalized spacial score (nSPS) is 14.9. The third-order valence-electron chi connectivity index (χ3n) is 7.63. The van der Waals surface area contributed by atoms with Gasteiger partial charge in [-0.1, -0.05) is 24.3 Å². The highest BCUT2D eigenvalue weighted by atomic mass is 16.5. The van der Waals surface area contributed by atoms with Crippen molar-refractivity contribution in [3.8, 4) is 0 Å². The zero-order valence-electron chi connectivity index (χ0n) is 19.7. The molecule has 8 heteroatoms. The number of carboxylic acid groups (broad SMARTS) is 1. The van der Waals surface area contributed by atoms with Gasteiger partial charge in [-0.3, -0.25) is 14.0 Å². The van der Waals surface area contributed by atoms with Crippen LogP contribution in [0.2, 0.25) is 0 Å². The van der Waals surface area contributed by atoms with E-state index in [9.17, 15) is 19.5 Å². The maximum Gasteiger partial charge on any atom is 0.336 e. The molecule has 1 fully saturated rings. The number of fused-ring (bicyclic) bond motifs is 3. The molecule has 2 aromatic heterocycles. The van der Waals surface area contributed by atoms with Gasteiger partial charge >= 0.3 is 5.97 Å². The number of carbonyl (C=O) groups is 2. The van der Waals surface area contributed by atoms with Crippen LogP contribution in [0, 0.1) is 0 Å². The summed E-state index contributed by atoms with van der Waals surface area (Å²) in [6, 6.07) is 18.5. The predicted octanol–water partition coefficient (Wildman–Crippen LogP) is 4.59. The number of piperidine rings is 1. The van der Waals surface area contributed by atoms with Crippen molar-refractivity contribution in [2.75, 3.05) is 18.0 Å². The molecule has 0 unspecified atom stereocenters. The minimum absolute atomic E-state index is 0.0649. The topological polar surface area (TPSA) is 101 Å². The average molecular weight is 492 g/mol. The summed E-state index contributed by atoms with van der Waals surface area (Å²) in [6.07, 6.45) is 1.44. The van der Waals surface area contributed by atoms with Crippen LogP contribution in [0.3, 0.4) is 0 Å². The molecule has 1 N–H and O–H groups in total. The summed E-state index contributed by atoms with van der Waals surface area (Å²) in [6.45, 7) is 2.02. The van der Waals surface area contributed by atoms with Crippen molar-refractivity contribution in [1.29, 1.82) is 0 Å². The minimum Gasteiger partial charge on any atom is -0.478 e. The number of pyridine rings is 1. The van der Waals surface area contributed by atoms with Crippen molar-refractivity contribution >= 4 is 67.1 Å². The molecule has 1 aliphatic heterocycles. The fraction of sp³-hybridized carbons (Fsp3) is 0.172. The molecule has 8 nitrogen and oxygen atoms in total. The van der Waals surface area contributed by atoms with Gasteiger partial charge in [0.1, 0.15) is 11.8 Å². The Morgan fingerprint density at radius 2 is 1.68 bits per heavy atom. The zero-order chi connectivity index (χ0) is 25.3. The van der Waals surface area contributed by atoms with E-state index in [1.54, 1.807) is 28.7 Å². The zero-order valence-corrected chi connectivity index (χ0v) is 19.7. The molecule has 1 aliphatic rings. The molecule has 0 aliphatic carbocycles. The maximum atomic E-state index is 14.0. The smallest absolute Gasteiger partial charge is 0.336 e. The van der Waals surface area contributed by atoms with Crippen molar-refractivity contribution in [3.63, 3.8) is 0 Å². The van der Waals surface area contributed by atoms with E-state index in [2.05, 4.69) is 11.0 Å². The van der Waals surface area contributed by atoms with Crippen molar-refractivity contribution in [1.82, 2.24) is 9.38 Å². The molecule has 0 radical (unpaired) electrons. The van der Waals surface area contributed by atoms with Crippen LogP contribution in [-0.2, 0) is 9.53 Å². The second-order valence-electron chi connectivity index (χ2n) is 9.49. The quantitative estimate of drug-likeness (QED) is 0.219. The second-order valence-corrected chi connectivity index (χ2v) is 9.49. The third kappa shape index (κ3) is 3.02. The highest BCUT2D eigenvalue weighted by Crippen LogP contribution is 2.37. The molecule has 0 spiro atoms. The summed E-state index contributed by atoms with van der Waals surface area (Å²) >= 11 is 0. The Morgan fingerprint density at radius 3 is 2.46 bits per heavy atom. The number of carbonyl (C=O) groups excluding carboxylic acids is 1. The standard InChI is InChI=1S/C29H21N3O5/c33-15-37-16-11-13-31(14-12-16)23-10-8-20-25-19(23)4-1-5-21(25)28(34)32-24-6-2-3-17-18(29(35)36)7-9-22(26(17)24)30-27(20)32/h1-10,15-16H,11-14H2,(H,35,36). The molecular weight excluding hydrogens is 470 g/mol. The Morgan fingerprint density at radius 1 is 0.919 bits per heavy atom. The lowest BCUT2D eigenvalue weighted by molar-refractivity contribution is -0.134. The van der Waals surface area contributed by atoms with E-state index in [0.717, 1.165) is 47.8 Å². The lowest BCUT2D eigenvalue weighted by Crippen LogP contribution is -2.37. The Hall–Kier alpha value is -4.72. The van der Waals surface area contributed by atoms with Crippen molar-refractivity contribution in [2.24, 2.45) is 0 Å². The minimum atomic E-state index is -1.02. The molecule has 1 saturated heterocycles. The van der Waals surface area contributed by atoms with Gasteiger partial charge < -0.3 is 14.7 Å². The molecule has 0 atom stereocenters. The molecule has 182 valence electrons. The molecule has 7 rings (SSSR count). The Balaban J connectivity index is 1.53. The van der Waals surface area contributed by atoms with Gasteiger partial charge in [0.25, 0.3) is 12.0 Å². The van der Waals surface area contributed by atoms with E-state index in [0.29, 0.717) is 39.3 Å². The summed E-state index contributed by atoms with van der Waals surface area (Å²) in [4.78, 5) is 43.7. The van der Waals surface area contributed by atoms with Crippen molar-refractivity contribution in [3.05, 3.63) is 76.6 Å². The van der Waals surface area contributed by atoms with Crippen LogP contribution in [0.15, 0.2) is 65.5 Å². The highest BCUT2D eigenvalue weighted by molar-refractivity contribution is 6.21. The lowest BCUT2D eigenvalue weighted by atomic mass is 9.97. The largest absolute Gasteiger partial charge is 0.478 e.